The van der Waals surface area contributed by atoms with Crippen molar-refractivity contribution in [3.05, 3.63) is 105 Å². The van der Waals surface area contributed by atoms with E-state index in [0.717, 1.165) is 36.2 Å². The molecular weight excluding hydrogens is 425 g/mol. The molecule has 1 aliphatic rings. The molecule has 4 rings (SSSR count). The van der Waals surface area contributed by atoms with E-state index in [9.17, 15) is 8.78 Å². The maximum atomic E-state index is 13.7. The zero-order valence-electron chi connectivity index (χ0n) is 16.4. The maximum absolute atomic E-state index is 13.7. The van der Waals surface area contributed by atoms with E-state index in [4.69, 9.17) is 23.2 Å². The Morgan fingerprint density at radius 3 is 2.10 bits per heavy atom. The summed E-state index contributed by atoms with van der Waals surface area (Å²) in [4.78, 5) is 4.64. The monoisotopic (exact) mass is 446 g/mol. The molecule has 1 atom stereocenters. The first-order chi connectivity index (χ1) is 14.5. The molecule has 0 spiro atoms. The van der Waals surface area contributed by atoms with Crippen LogP contribution in [0.5, 0.6) is 0 Å². The van der Waals surface area contributed by atoms with Gasteiger partial charge in [0.05, 0.1) is 6.17 Å². The number of nitrogens with zero attached hydrogens (tertiary/aromatic N) is 2. The summed E-state index contributed by atoms with van der Waals surface area (Å²) < 4.78 is 27.1. The van der Waals surface area contributed by atoms with Crippen molar-refractivity contribution in [3.63, 3.8) is 0 Å². The average molecular weight is 447 g/mol. The maximum Gasteiger partial charge on any atom is 0.124 e. The molecule has 0 aliphatic carbocycles. The summed E-state index contributed by atoms with van der Waals surface area (Å²) in [5.41, 5.74) is 2.99. The first kappa shape index (κ1) is 21.3. The third kappa shape index (κ3) is 5.01. The molecule has 1 fully saturated rings. The van der Waals surface area contributed by atoms with Gasteiger partial charge in [0.1, 0.15) is 11.6 Å². The number of hydrogen-bond donors (Lipinski definition) is 0. The molecule has 1 saturated heterocycles. The molecule has 3 aromatic rings. The van der Waals surface area contributed by atoms with Gasteiger partial charge in [-0.25, -0.2) is 8.78 Å². The molecule has 0 saturated carbocycles. The molecule has 0 N–H and O–H groups in total. The summed E-state index contributed by atoms with van der Waals surface area (Å²) in [6, 6.07) is 18.9. The molecule has 0 bridgehead atoms. The van der Waals surface area contributed by atoms with Crippen LogP contribution in [0.1, 0.15) is 29.3 Å². The van der Waals surface area contributed by atoms with Gasteiger partial charge in [-0.15, -0.1) is 0 Å². The third-order valence-electron chi connectivity index (χ3n) is 5.40. The summed E-state index contributed by atoms with van der Waals surface area (Å²) in [7, 11) is 0. The predicted octanol–water partition coefficient (Wildman–Crippen LogP) is 6.68. The molecule has 156 valence electrons. The Hall–Kier alpha value is -1.98. The van der Waals surface area contributed by atoms with Crippen LogP contribution >= 0.6 is 23.2 Å². The smallest absolute Gasteiger partial charge is 0.124 e. The van der Waals surface area contributed by atoms with Crippen LogP contribution in [-0.2, 0) is 13.1 Å². The number of hydrogen-bond acceptors (Lipinski definition) is 2. The van der Waals surface area contributed by atoms with E-state index in [1.807, 2.05) is 24.3 Å². The second-order valence-corrected chi connectivity index (χ2v) is 8.43. The number of benzene rings is 3. The van der Waals surface area contributed by atoms with E-state index in [1.165, 1.54) is 24.3 Å². The average Bonchev–Trinajstić information content (AvgIpc) is 2.71. The lowest BCUT2D eigenvalue weighted by atomic mass is 10.0. The highest BCUT2D eigenvalue weighted by molar-refractivity contribution is 6.31. The first-order valence-corrected chi connectivity index (χ1v) is 10.7. The van der Waals surface area contributed by atoms with Gasteiger partial charge in [0.25, 0.3) is 0 Å². The van der Waals surface area contributed by atoms with Crippen LogP contribution in [-0.4, -0.2) is 22.9 Å². The number of halogens is 4. The fourth-order valence-corrected chi connectivity index (χ4v) is 4.56. The molecule has 3 aromatic carbocycles. The van der Waals surface area contributed by atoms with Gasteiger partial charge in [-0.2, -0.15) is 0 Å². The van der Waals surface area contributed by atoms with Crippen LogP contribution in [0.4, 0.5) is 8.78 Å². The van der Waals surface area contributed by atoms with E-state index in [0.29, 0.717) is 23.1 Å². The Kier molecular flexibility index (Phi) is 6.69. The quantitative estimate of drug-likeness (QED) is 0.431. The minimum absolute atomic E-state index is 0.129. The fraction of sp³-hybridized carbons (Fsp3) is 0.250. The Balaban J connectivity index is 1.67. The van der Waals surface area contributed by atoms with E-state index < -0.39 is 0 Å². The van der Waals surface area contributed by atoms with E-state index in [2.05, 4.69) is 9.80 Å². The molecule has 0 amide bonds. The molecule has 0 aromatic heterocycles. The summed E-state index contributed by atoms with van der Waals surface area (Å²) in [5.74, 6) is -0.607. The Morgan fingerprint density at radius 2 is 1.43 bits per heavy atom. The molecule has 2 nitrogen and oxygen atoms in total. The van der Waals surface area contributed by atoms with Crippen molar-refractivity contribution in [1.82, 2.24) is 9.80 Å². The van der Waals surface area contributed by atoms with Crippen molar-refractivity contribution in [2.45, 2.75) is 25.7 Å². The van der Waals surface area contributed by atoms with Gasteiger partial charge in [-0.1, -0.05) is 53.5 Å². The fourth-order valence-electron chi connectivity index (χ4n) is 4.08. The van der Waals surface area contributed by atoms with Gasteiger partial charge in [-0.05, 0) is 53.9 Å². The zero-order chi connectivity index (χ0) is 21.1. The second-order valence-electron chi connectivity index (χ2n) is 7.59. The Morgan fingerprint density at radius 1 is 0.767 bits per heavy atom. The molecular formula is C24H22Cl2F2N2. The van der Waals surface area contributed by atoms with Crippen molar-refractivity contribution in [1.29, 1.82) is 0 Å². The second kappa shape index (κ2) is 9.44. The van der Waals surface area contributed by atoms with Crippen molar-refractivity contribution >= 4 is 23.2 Å². The lowest BCUT2D eigenvalue weighted by Gasteiger charge is -2.44. The van der Waals surface area contributed by atoms with Crippen LogP contribution in [0.25, 0.3) is 0 Å². The van der Waals surface area contributed by atoms with Gasteiger partial charge in [-0.3, -0.25) is 9.80 Å². The van der Waals surface area contributed by atoms with Gasteiger partial charge in [0.2, 0.25) is 0 Å². The van der Waals surface area contributed by atoms with Gasteiger partial charge in [0, 0.05) is 41.8 Å². The van der Waals surface area contributed by atoms with Crippen molar-refractivity contribution in [3.8, 4) is 0 Å². The van der Waals surface area contributed by atoms with Gasteiger partial charge < -0.3 is 0 Å². The molecule has 0 radical (unpaired) electrons. The summed E-state index contributed by atoms with van der Waals surface area (Å²) in [6.07, 6.45) is 0.854. The molecule has 1 heterocycles. The standard InChI is InChI=1S/C24H22Cl2F2N2/c25-19-4-1-3-18(13-19)16-30-12-2-11-29(15-17-5-7-20(27)8-6-17)24(30)22-10-9-21(28)14-23(22)26/h1,3-10,13-14,24H,2,11-12,15-16H2. The SMILES string of the molecule is Fc1ccc(CN2CCCN(Cc3cccc(Cl)c3)C2c2ccc(F)cc2Cl)cc1. The minimum Gasteiger partial charge on any atom is -0.280 e. The predicted molar refractivity (Wildman–Crippen MR) is 117 cm³/mol. The highest BCUT2D eigenvalue weighted by atomic mass is 35.5. The zero-order valence-corrected chi connectivity index (χ0v) is 17.9. The normalized spacial score (nSPS) is 17.9. The Labute approximate surface area is 185 Å². The summed E-state index contributed by atoms with van der Waals surface area (Å²) >= 11 is 12.7. The van der Waals surface area contributed by atoms with Crippen LogP contribution in [0, 0.1) is 11.6 Å². The van der Waals surface area contributed by atoms with Crippen molar-refractivity contribution in [2.75, 3.05) is 13.1 Å². The highest BCUT2D eigenvalue weighted by Gasteiger charge is 2.32. The van der Waals surface area contributed by atoms with Gasteiger partial charge in [0.15, 0.2) is 0 Å². The van der Waals surface area contributed by atoms with E-state index >= 15 is 0 Å². The molecule has 30 heavy (non-hydrogen) atoms. The minimum atomic E-state index is -0.356. The summed E-state index contributed by atoms with van der Waals surface area (Å²) in [6.45, 7) is 3.08. The molecule has 1 unspecified atom stereocenters. The van der Waals surface area contributed by atoms with Crippen molar-refractivity contribution < 1.29 is 8.78 Å². The lowest BCUT2D eigenvalue weighted by Crippen LogP contribution is -2.47. The molecule has 1 aliphatic heterocycles. The van der Waals surface area contributed by atoms with Crippen molar-refractivity contribution in [2.24, 2.45) is 0 Å². The van der Waals surface area contributed by atoms with Crippen LogP contribution in [0.3, 0.4) is 0 Å². The topological polar surface area (TPSA) is 6.48 Å². The van der Waals surface area contributed by atoms with Gasteiger partial charge >= 0.3 is 0 Å². The molecule has 6 heteroatoms. The summed E-state index contributed by atoms with van der Waals surface area (Å²) in [5, 5.41) is 1.10. The van der Waals surface area contributed by atoms with E-state index in [-0.39, 0.29) is 17.8 Å². The largest absolute Gasteiger partial charge is 0.280 e. The lowest BCUT2D eigenvalue weighted by molar-refractivity contribution is -0.00907. The van der Waals surface area contributed by atoms with Crippen LogP contribution in [0.2, 0.25) is 10.0 Å². The van der Waals surface area contributed by atoms with Crippen LogP contribution in [0.15, 0.2) is 66.7 Å². The number of rotatable bonds is 5. The Bertz CT molecular complexity index is 1010. The third-order valence-corrected chi connectivity index (χ3v) is 5.96. The van der Waals surface area contributed by atoms with Crippen LogP contribution < -0.4 is 0 Å². The van der Waals surface area contributed by atoms with E-state index in [1.54, 1.807) is 18.2 Å². The first-order valence-electron chi connectivity index (χ1n) is 9.91. The highest BCUT2D eigenvalue weighted by Crippen LogP contribution is 2.36.